The molecule has 0 aromatic heterocycles. The summed E-state index contributed by atoms with van der Waals surface area (Å²) in [4.78, 5) is 0.0987. The van der Waals surface area contributed by atoms with E-state index in [-0.39, 0.29) is 23.1 Å². The van der Waals surface area contributed by atoms with E-state index in [1.807, 2.05) is 0 Å². The molecule has 2 rings (SSSR count). The van der Waals surface area contributed by atoms with E-state index in [0.29, 0.717) is 24.5 Å². The summed E-state index contributed by atoms with van der Waals surface area (Å²) in [5.41, 5.74) is 5.90. The molecule has 0 aliphatic carbocycles. The highest BCUT2D eigenvalue weighted by atomic mass is 35.5. The van der Waals surface area contributed by atoms with E-state index in [4.69, 9.17) is 22.4 Å². The van der Waals surface area contributed by atoms with Crippen molar-refractivity contribution in [2.45, 2.75) is 17.7 Å². The molecule has 19 heavy (non-hydrogen) atoms. The summed E-state index contributed by atoms with van der Waals surface area (Å²) < 4.78 is 26.3. The molecular weight excluding hydrogens is 288 g/mol. The zero-order valence-corrected chi connectivity index (χ0v) is 12.0. The summed E-state index contributed by atoms with van der Waals surface area (Å²) in [6.45, 7) is 0.988. The summed E-state index contributed by atoms with van der Waals surface area (Å²) in [6, 6.07) is 4.40. The third kappa shape index (κ3) is 3.02. The molecule has 0 spiro atoms. The van der Waals surface area contributed by atoms with Gasteiger partial charge in [0, 0.05) is 24.7 Å². The third-order valence-electron chi connectivity index (χ3n) is 3.38. The van der Waals surface area contributed by atoms with Crippen LogP contribution in [0.25, 0.3) is 0 Å². The molecule has 1 aromatic rings. The van der Waals surface area contributed by atoms with Crippen molar-refractivity contribution in [3.63, 3.8) is 0 Å². The fourth-order valence-corrected chi connectivity index (χ4v) is 4.14. The Morgan fingerprint density at radius 1 is 1.47 bits per heavy atom. The van der Waals surface area contributed by atoms with Crippen molar-refractivity contribution in [2.24, 2.45) is 5.92 Å². The van der Waals surface area contributed by atoms with E-state index in [1.165, 1.54) is 22.5 Å². The quantitative estimate of drug-likeness (QED) is 0.822. The van der Waals surface area contributed by atoms with Crippen LogP contribution in [-0.4, -0.2) is 37.5 Å². The molecule has 1 aliphatic heterocycles. The van der Waals surface area contributed by atoms with E-state index >= 15 is 0 Å². The van der Waals surface area contributed by atoms with Gasteiger partial charge in [-0.15, -0.1) is 0 Å². The molecular formula is C12H17ClN2O3S. The van der Waals surface area contributed by atoms with E-state index in [9.17, 15) is 8.42 Å². The van der Waals surface area contributed by atoms with Gasteiger partial charge in [0.1, 0.15) is 4.90 Å². The first kappa shape index (κ1) is 14.6. The van der Waals surface area contributed by atoms with Gasteiger partial charge in [0.25, 0.3) is 0 Å². The largest absolute Gasteiger partial charge is 0.398 e. The fraction of sp³-hybridized carbons (Fsp3) is 0.500. The van der Waals surface area contributed by atoms with Crippen molar-refractivity contribution in [3.05, 3.63) is 23.2 Å². The molecule has 7 heteroatoms. The number of nitrogens with two attached hydrogens (primary N) is 1. The SMILES string of the molecule is Nc1cc(Cl)ccc1S(=O)(=O)N1CCC(CCO)C1. The Kier molecular flexibility index (Phi) is 4.35. The number of aliphatic hydroxyl groups excluding tert-OH is 1. The Morgan fingerprint density at radius 2 is 2.21 bits per heavy atom. The average Bonchev–Trinajstić information content (AvgIpc) is 2.78. The molecule has 1 heterocycles. The van der Waals surface area contributed by atoms with E-state index in [0.717, 1.165) is 6.42 Å². The number of hydrogen-bond donors (Lipinski definition) is 2. The molecule has 0 saturated carbocycles. The molecule has 1 aliphatic rings. The second kappa shape index (κ2) is 5.66. The van der Waals surface area contributed by atoms with Gasteiger partial charge in [-0.05, 0) is 37.0 Å². The molecule has 3 N–H and O–H groups in total. The minimum absolute atomic E-state index is 0.0850. The van der Waals surface area contributed by atoms with Crippen LogP contribution in [0.5, 0.6) is 0 Å². The summed E-state index contributed by atoms with van der Waals surface area (Å²) >= 11 is 5.77. The number of aliphatic hydroxyl groups is 1. The van der Waals surface area contributed by atoms with Crippen LogP contribution in [0.4, 0.5) is 5.69 Å². The number of anilines is 1. The van der Waals surface area contributed by atoms with Gasteiger partial charge in [-0.3, -0.25) is 0 Å². The number of nitrogen functional groups attached to an aromatic ring is 1. The van der Waals surface area contributed by atoms with E-state index in [2.05, 4.69) is 0 Å². The van der Waals surface area contributed by atoms with Gasteiger partial charge in [0.05, 0.1) is 5.69 Å². The minimum Gasteiger partial charge on any atom is -0.398 e. The number of rotatable bonds is 4. The molecule has 1 unspecified atom stereocenters. The summed E-state index contributed by atoms with van der Waals surface area (Å²) in [5.74, 6) is 0.216. The molecule has 0 bridgehead atoms. The average molecular weight is 305 g/mol. The van der Waals surface area contributed by atoms with Crippen LogP contribution >= 0.6 is 11.6 Å². The van der Waals surface area contributed by atoms with Crippen molar-refractivity contribution in [1.82, 2.24) is 4.31 Å². The topological polar surface area (TPSA) is 83.6 Å². The van der Waals surface area contributed by atoms with Crippen LogP contribution in [0.2, 0.25) is 5.02 Å². The van der Waals surface area contributed by atoms with Crippen molar-refractivity contribution in [1.29, 1.82) is 0 Å². The zero-order chi connectivity index (χ0) is 14.0. The lowest BCUT2D eigenvalue weighted by Gasteiger charge is -2.17. The molecule has 5 nitrogen and oxygen atoms in total. The van der Waals surface area contributed by atoms with Crippen LogP contribution in [0.3, 0.4) is 0 Å². The summed E-state index contributed by atoms with van der Waals surface area (Å²) in [6.07, 6.45) is 1.40. The number of nitrogens with zero attached hydrogens (tertiary/aromatic N) is 1. The molecule has 0 amide bonds. The predicted octanol–water partition coefficient (Wildman–Crippen LogP) is 1.32. The van der Waals surface area contributed by atoms with Crippen molar-refractivity contribution in [2.75, 3.05) is 25.4 Å². The second-order valence-corrected chi connectivity index (χ2v) is 7.05. The first-order valence-corrected chi connectivity index (χ1v) is 7.93. The highest BCUT2D eigenvalue weighted by Crippen LogP contribution is 2.30. The second-order valence-electron chi connectivity index (χ2n) is 4.71. The van der Waals surface area contributed by atoms with Crippen LogP contribution < -0.4 is 5.73 Å². The number of sulfonamides is 1. The Hall–Kier alpha value is -0.820. The Bertz CT molecular complexity index is 562. The number of halogens is 1. The molecule has 0 radical (unpaired) electrons. The van der Waals surface area contributed by atoms with Crippen LogP contribution in [0, 0.1) is 5.92 Å². The normalized spacial score (nSPS) is 20.8. The highest BCUT2D eigenvalue weighted by molar-refractivity contribution is 7.89. The molecule has 106 valence electrons. The minimum atomic E-state index is -3.57. The lowest BCUT2D eigenvalue weighted by Crippen LogP contribution is -2.29. The van der Waals surface area contributed by atoms with E-state index in [1.54, 1.807) is 0 Å². The lowest BCUT2D eigenvalue weighted by molar-refractivity contribution is 0.259. The van der Waals surface area contributed by atoms with Gasteiger partial charge in [-0.25, -0.2) is 8.42 Å². The van der Waals surface area contributed by atoms with Gasteiger partial charge in [0.2, 0.25) is 10.0 Å². The Labute approximate surface area is 118 Å². The van der Waals surface area contributed by atoms with Gasteiger partial charge >= 0.3 is 0 Å². The third-order valence-corrected chi connectivity index (χ3v) is 5.55. The van der Waals surface area contributed by atoms with Gasteiger partial charge in [-0.1, -0.05) is 11.6 Å². The van der Waals surface area contributed by atoms with Crippen molar-refractivity contribution >= 4 is 27.3 Å². The van der Waals surface area contributed by atoms with Crippen molar-refractivity contribution in [3.8, 4) is 0 Å². The smallest absolute Gasteiger partial charge is 0.245 e. The van der Waals surface area contributed by atoms with E-state index < -0.39 is 10.0 Å². The Balaban J connectivity index is 2.23. The fourth-order valence-electron chi connectivity index (χ4n) is 2.33. The van der Waals surface area contributed by atoms with Gasteiger partial charge < -0.3 is 10.8 Å². The maximum Gasteiger partial charge on any atom is 0.245 e. The highest BCUT2D eigenvalue weighted by Gasteiger charge is 2.33. The first-order valence-electron chi connectivity index (χ1n) is 6.11. The standard InChI is InChI=1S/C12H17ClN2O3S/c13-10-1-2-12(11(14)7-10)19(17,18)15-5-3-9(8-15)4-6-16/h1-2,7,9,16H,3-6,8,14H2. The predicted molar refractivity (Wildman–Crippen MR) is 74.4 cm³/mol. The number of benzene rings is 1. The monoisotopic (exact) mass is 304 g/mol. The molecule has 1 fully saturated rings. The molecule has 1 atom stereocenters. The molecule has 1 aromatic carbocycles. The van der Waals surface area contributed by atoms with Crippen LogP contribution in [0.1, 0.15) is 12.8 Å². The number of hydrogen-bond acceptors (Lipinski definition) is 4. The van der Waals surface area contributed by atoms with Crippen molar-refractivity contribution < 1.29 is 13.5 Å². The molecule has 1 saturated heterocycles. The Morgan fingerprint density at radius 3 is 2.84 bits per heavy atom. The maximum absolute atomic E-state index is 12.5. The summed E-state index contributed by atoms with van der Waals surface area (Å²) in [7, 11) is -3.57. The zero-order valence-electron chi connectivity index (χ0n) is 10.4. The van der Waals surface area contributed by atoms with Gasteiger partial charge in [-0.2, -0.15) is 4.31 Å². The maximum atomic E-state index is 12.5. The summed E-state index contributed by atoms with van der Waals surface area (Å²) in [5, 5.41) is 9.32. The van der Waals surface area contributed by atoms with Crippen LogP contribution in [0.15, 0.2) is 23.1 Å². The van der Waals surface area contributed by atoms with Gasteiger partial charge in [0.15, 0.2) is 0 Å². The lowest BCUT2D eigenvalue weighted by atomic mass is 10.1. The van der Waals surface area contributed by atoms with Crippen LogP contribution in [-0.2, 0) is 10.0 Å². The first-order chi connectivity index (χ1) is 8.95.